The lowest BCUT2D eigenvalue weighted by Gasteiger charge is -2.19. The molecule has 0 aliphatic heterocycles. The van der Waals surface area contributed by atoms with Crippen molar-refractivity contribution in [3.8, 4) is 0 Å². The quantitative estimate of drug-likeness (QED) is 0.652. The van der Waals surface area contributed by atoms with Crippen LogP contribution >= 0.6 is 11.8 Å². The second kappa shape index (κ2) is 6.80. The Kier molecular flexibility index (Phi) is 5.08. The molecule has 1 aromatic carbocycles. The van der Waals surface area contributed by atoms with E-state index < -0.39 is 5.97 Å². The third-order valence-electron chi connectivity index (χ3n) is 3.68. The van der Waals surface area contributed by atoms with Crippen LogP contribution in [0.3, 0.4) is 0 Å². The van der Waals surface area contributed by atoms with Gasteiger partial charge < -0.3 is 5.11 Å². The van der Waals surface area contributed by atoms with E-state index in [9.17, 15) is 9.90 Å². The molecule has 2 rings (SSSR count). The molecule has 19 heavy (non-hydrogen) atoms. The van der Waals surface area contributed by atoms with Crippen molar-refractivity contribution in [2.45, 2.75) is 37.0 Å². The Labute approximate surface area is 118 Å². The normalized spacial score (nSPS) is 17.4. The number of carbonyl (C=O) groups is 1. The Bertz CT molecular complexity index is 456. The maximum atomic E-state index is 11.5. The summed E-state index contributed by atoms with van der Waals surface area (Å²) in [5.41, 5.74) is 1.27. The summed E-state index contributed by atoms with van der Waals surface area (Å²) in [6.45, 7) is 0. The van der Waals surface area contributed by atoms with E-state index in [-0.39, 0.29) is 0 Å². The summed E-state index contributed by atoms with van der Waals surface area (Å²) >= 11 is 1.67. The minimum Gasteiger partial charge on any atom is -0.478 e. The molecule has 1 aliphatic rings. The predicted molar refractivity (Wildman–Crippen MR) is 80.4 cm³/mol. The van der Waals surface area contributed by atoms with Crippen LogP contribution in [0.2, 0.25) is 0 Å². The van der Waals surface area contributed by atoms with Gasteiger partial charge in [-0.1, -0.05) is 37.5 Å². The van der Waals surface area contributed by atoms with E-state index in [1.807, 2.05) is 36.6 Å². The first kappa shape index (κ1) is 14.2. The molecule has 0 spiro atoms. The molecule has 3 heteroatoms. The van der Waals surface area contributed by atoms with Gasteiger partial charge in [-0.2, -0.15) is 0 Å². The zero-order valence-corrected chi connectivity index (χ0v) is 12.1. The second-order valence-corrected chi connectivity index (χ2v) is 5.89. The Morgan fingerprint density at radius 3 is 2.37 bits per heavy atom. The van der Waals surface area contributed by atoms with Gasteiger partial charge in [0.25, 0.3) is 0 Å². The van der Waals surface area contributed by atoms with Gasteiger partial charge in [-0.25, -0.2) is 4.79 Å². The van der Waals surface area contributed by atoms with Crippen molar-refractivity contribution >= 4 is 23.3 Å². The van der Waals surface area contributed by atoms with Crippen molar-refractivity contribution in [1.82, 2.24) is 0 Å². The number of hydrogen-bond acceptors (Lipinski definition) is 2. The molecule has 1 N–H and O–H groups in total. The maximum absolute atomic E-state index is 11.5. The summed E-state index contributed by atoms with van der Waals surface area (Å²) in [4.78, 5) is 12.6. The fourth-order valence-corrected chi connectivity index (χ4v) is 3.01. The van der Waals surface area contributed by atoms with Crippen LogP contribution in [-0.4, -0.2) is 17.3 Å². The molecule has 1 saturated carbocycles. The average molecular weight is 276 g/mol. The molecular formula is C16H20O2S. The van der Waals surface area contributed by atoms with Gasteiger partial charge in [0.15, 0.2) is 0 Å². The van der Waals surface area contributed by atoms with Crippen LogP contribution in [0.25, 0.3) is 5.57 Å². The second-order valence-electron chi connectivity index (χ2n) is 5.01. The predicted octanol–water partition coefficient (Wildman–Crippen LogP) is 4.46. The summed E-state index contributed by atoms with van der Waals surface area (Å²) in [6, 6.07) is 7.79. The average Bonchev–Trinajstić information content (AvgIpc) is 2.46. The van der Waals surface area contributed by atoms with E-state index in [0.29, 0.717) is 11.5 Å². The minimum atomic E-state index is -0.817. The Morgan fingerprint density at radius 2 is 1.84 bits per heavy atom. The summed E-state index contributed by atoms with van der Waals surface area (Å²) < 4.78 is 0. The summed E-state index contributed by atoms with van der Waals surface area (Å²) in [6.07, 6.45) is 9.97. The topological polar surface area (TPSA) is 37.3 Å². The first-order valence-corrected chi connectivity index (χ1v) is 8.02. The van der Waals surface area contributed by atoms with Crippen molar-refractivity contribution in [2.75, 3.05) is 6.26 Å². The SMILES string of the molecule is CSc1ccc(C(=CC2CCCCC2)C(=O)O)cc1. The van der Waals surface area contributed by atoms with Gasteiger partial charge in [0, 0.05) is 4.90 Å². The lowest BCUT2D eigenvalue weighted by atomic mass is 9.87. The number of aliphatic carboxylic acids is 1. The zero-order valence-electron chi connectivity index (χ0n) is 11.3. The van der Waals surface area contributed by atoms with Crippen LogP contribution in [0.15, 0.2) is 35.2 Å². The molecule has 0 atom stereocenters. The molecule has 0 unspecified atom stereocenters. The molecule has 0 radical (unpaired) electrons. The number of hydrogen-bond donors (Lipinski definition) is 1. The highest BCUT2D eigenvalue weighted by atomic mass is 32.2. The number of thioether (sulfide) groups is 1. The summed E-state index contributed by atoms with van der Waals surface area (Å²) in [5, 5.41) is 9.41. The van der Waals surface area contributed by atoms with Gasteiger partial charge in [0.2, 0.25) is 0 Å². The molecule has 0 heterocycles. The Morgan fingerprint density at radius 1 is 1.21 bits per heavy atom. The van der Waals surface area contributed by atoms with Crippen LogP contribution in [0.1, 0.15) is 37.7 Å². The van der Waals surface area contributed by atoms with Gasteiger partial charge in [0.05, 0.1) is 5.57 Å². The third kappa shape index (κ3) is 3.87. The molecule has 102 valence electrons. The van der Waals surface area contributed by atoms with E-state index in [1.165, 1.54) is 19.3 Å². The maximum Gasteiger partial charge on any atom is 0.335 e. The highest BCUT2D eigenvalue weighted by Crippen LogP contribution is 2.28. The van der Waals surface area contributed by atoms with Gasteiger partial charge in [-0.05, 0) is 42.7 Å². The first-order chi connectivity index (χ1) is 9.20. The molecular weight excluding hydrogens is 256 g/mol. The minimum absolute atomic E-state index is 0.431. The molecule has 1 aliphatic carbocycles. The van der Waals surface area contributed by atoms with E-state index in [0.717, 1.165) is 23.3 Å². The number of benzene rings is 1. The van der Waals surface area contributed by atoms with Crippen molar-refractivity contribution in [2.24, 2.45) is 5.92 Å². The fraction of sp³-hybridized carbons (Fsp3) is 0.438. The lowest BCUT2D eigenvalue weighted by Crippen LogP contribution is -2.07. The van der Waals surface area contributed by atoms with E-state index in [1.54, 1.807) is 11.8 Å². The molecule has 1 fully saturated rings. The highest BCUT2D eigenvalue weighted by Gasteiger charge is 2.16. The third-order valence-corrected chi connectivity index (χ3v) is 4.43. The zero-order chi connectivity index (χ0) is 13.7. The van der Waals surface area contributed by atoms with Crippen molar-refractivity contribution in [3.63, 3.8) is 0 Å². The number of rotatable bonds is 4. The number of allylic oxidation sites excluding steroid dienone is 1. The van der Waals surface area contributed by atoms with E-state index >= 15 is 0 Å². The fourth-order valence-electron chi connectivity index (χ4n) is 2.60. The van der Waals surface area contributed by atoms with Crippen LogP contribution < -0.4 is 0 Å². The van der Waals surface area contributed by atoms with Gasteiger partial charge >= 0.3 is 5.97 Å². The molecule has 2 nitrogen and oxygen atoms in total. The molecule has 0 amide bonds. The van der Waals surface area contributed by atoms with Crippen LogP contribution in [0.4, 0.5) is 0 Å². The monoisotopic (exact) mass is 276 g/mol. The Hall–Kier alpha value is -1.22. The largest absolute Gasteiger partial charge is 0.478 e. The highest BCUT2D eigenvalue weighted by molar-refractivity contribution is 7.98. The number of carboxylic acid groups (broad SMARTS) is 1. The molecule has 0 bridgehead atoms. The van der Waals surface area contributed by atoms with Crippen LogP contribution in [0.5, 0.6) is 0 Å². The van der Waals surface area contributed by atoms with E-state index in [2.05, 4.69) is 0 Å². The smallest absolute Gasteiger partial charge is 0.335 e. The molecule has 0 aromatic heterocycles. The lowest BCUT2D eigenvalue weighted by molar-refractivity contribution is -0.130. The standard InChI is InChI=1S/C16H20O2S/c1-19-14-9-7-13(8-10-14)15(16(17)18)11-12-5-3-2-4-6-12/h7-12H,2-6H2,1H3,(H,17,18). The summed E-state index contributed by atoms with van der Waals surface area (Å²) in [5.74, 6) is -0.387. The van der Waals surface area contributed by atoms with Gasteiger partial charge in [-0.15, -0.1) is 11.8 Å². The van der Waals surface area contributed by atoms with Crippen molar-refractivity contribution < 1.29 is 9.90 Å². The van der Waals surface area contributed by atoms with E-state index in [4.69, 9.17) is 0 Å². The van der Waals surface area contributed by atoms with Crippen LogP contribution in [-0.2, 0) is 4.79 Å². The summed E-state index contributed by atoms with van der Waals surface area (Å²) in [7, 11) is 0. The molecule has 0 saturated heterocycles. The molecule has 1 aromatic rings. The van der Waals surface area contributed by atoms with Crippen molar-refractivity contribution in [3.05, 3.63) is 35.9 Å². The van der Waals surface area contributed by atoms with Crippen LogP contribution in [0, 0.1) is 5.92 Å². The first-order valence-electron chi connectivity index (χ1n) is 6.80. The van der Waals surface area contributed by atoms with Gasteiger partial charge in [-0.3, -0.25) is 0 Å². The Balaban J connectivity index is 2.22. The number of carboxylic acids is 1. The van der Waals surface area contributed by atoms with Gasteiger partial charge in [0.1, 0.15) is 0 Å². The van der Waals surface area contributed by atoms with Crippen molar-refractivity contribution in [1.29, 1.82) is 0 Å².